The van der Waals surface area contributed by atoms with Crippen LogP contribution in [-0.2, 0) is 44.9 Å². The zero-order valence-electron chi connectivity index (χ0n) is 28.0. The van der Waals surface area contributed by atoms with Crippen LogP contribution < -0.4 is 14.5 Å². The number of aliphatic hydroxyl groups excluding tert-OH is 1. The van der Waals surface area contributed by atoms with Gasteiger partial charge in [-0.3, -0.25) is 14.3 Å². The van der Waals surface area contributed by atoms with Crippen LogP contribution in [0.5, 0.6) is 5.75 Å². The maximum Gasteiger partial charge on any atom is 0.264 e. The second-order valence-corrected chi connectivity index (χ2v) is 13.8. The molecule has 48 heavy (non-hydrogen) atoms. The van der Waals surface area contributed by atoms with Gasteiger partial charge in [-0.15, -0.1) is 5.10 Å². The first kappa shape index (κ1) is 32.0. The number of nitrogens with zero attached hydrogens (tertiary/aromatic N) is 5. The van der Waals surface area contributed by atoms with Crippen LogP contribution >= 0.6 is 0 Å². The monoisotopic (exact) mass is 649 g/mol. The molecule has 3 aromatic carbocycles. The van der Waals surface area contributed by atoms with Gasteiger partial charge in [0.05, 0.1) is 31.1 Å². The maximum atomic E-state index is 14.9. The van der Waals surface area contributed by atoms with Crippen LogP contribution in [0.25, 0.3) is 0 Å². The van der Waals surface area contributed by atoms with Crippen molar-refractivity contribution in [3.63, 3.8) is 0 Å². The molecule has 4 heterocycles. The number of carbonyl (C=O) groups is 2. The number of hydrogen-bond acceptors (Lipinski definition) is 7. The quantitative estimate of drug-likeness (QED) is 0.227. The van der Waals surface area contributed by atoms with Crippen molar-refractivity contribution in [2.45, 2.75) is 70.2 Å². The molecule has 4 aromatic rings. The average molecular weight is 650 g/mol. The SMILES string of the molecule is COc1ccc(C(C)(C)[C@H]2[C@H](CCn3cc(CCO)nn3)O[C@@]3(C(=O)N(Cc4ccc(N5CCC5=O)cc4)c4ccccc43)[C@@H]2C)cc1. The van der Waals surface area contributed by atoms with Crippen LogP contribution in [0.3, 0.4) is 0 Å². The molecule has 2 fully saturated rings. The molecule has 1 N–H and O–H groups in total. The maximum absolute atomic E-state index is 14.9. The van der Waals surface area contributed by atoms with Crippen molar-refractivity contribution in [1.82, 2.24) is 15.0 Å². The predicted octanol–water partition coefficient (Wildman–Crippen LogP) is 5.02. The molecule has 0 aliphatic carbocycles. The summed E-state index contributed by atoms with van der Waals surface area (Å²) < 4.78 is 14.4. The fourth-order valence-electron chi connectivity index (χ4n) is 8.18. The second-order valence-electron chi connectivity index (χ2n) is 13.8. The lowest BCUT2D eigenvalue weighted by Gasteiger charge is -2.38. The van der Waals surface area contributed by atoms with E-state index in [0.717, 1.165) is 46.1 Å². The highest BCUT2D eigenvalue weighted by molar-refractivity contribution is 6.07. The Bertz CT molecular complexity index is 1800. The molecule has 1 spiro atoms. The number of methoxy groups -OCH3 is 1. The third-order valence-corrected chi connectivity index (χ3v) is 10.8. The predicted molar refractivity (Wildman–Crippen MR) is 182 cm³/mol. The van der Waals surface area contributed by atoms with Crippen molar-refractivity contribution in [1.29, 1.82) is 0 Å². The van der Waals surface area contributed by atoms with E-state index in [1.165, 1.54) is 0 Å². The number of fused-ring (bicyclic) bond motifs is 2. The minimum absolute atomic E-state index is 0.0167. The third-order valence-electron chi connectivity index (χ3n) is 10.8. The average Bonchev–Trinajstić information content (AvgIpc) is 3.74. The van der Waals surface area contributed by atoms with Crippen LogP contribution in [0.1, 0.15) is 56.0 Å². The van der Waals surface area contributed by atoms with Gasteiger partial charge in [-0.1, -0.05) is 68.4 Å². The summed E-state index contributed by atoms with van der Waals surface area (Å²) in [6.45, 7) is 8.37. The lowest BCUT2D eigenvalue weighted by atomic mass is 9.63. The molecule has 10 nitrogen and oxygen atoms in total. The van der Waals surface area contributed by atoms with Gasteiger partial charge < -0.3 is 24.4 Å². The van der Waals surface area contributed by atoms with E-state index in [-0.39, 0.29) is 41.8 Å². The second kappa shape index (κ2) is 12.5. The minimum atomic E-state index is -1.16. The van der Waals surface area contributed by atoms with Crippen LogP contribution in [0, 0.1) is 11.8 Å². The first-order valence-corrected chi connectivity index (χ1v) is 16.8. The fourth-order valence-corrected chi connectivity index (χ4v) is 8.18. The molecule has 2 amide bonds. The van der Waals surface area contributed by atoms with E-state index in [1.807, 2.05) is 71.8 Å². The van der Waals surface area contributed by atoms with Crippen molar-refractivity contribution in [2.24, 2.45) is 11.8 Å². The van der Waals surface area contributed by atoms with Crippen molar-refractivity contribution in [2.75, 3.05) is 30.1 Å². The number of rotatable bonds is 11. The molecule has 0 radical (unpaired) electrons. The van der Waals surface area contributed by atoms with Crippen molar-refractivity contribution in [3.8, 4) is 5.75 Å². The summed E-state index contributed by atoms with van der Waals surface area (Å²) in [4.78, 5) is 30.6. The fraction of sp³-hybridized carbons (Fsp3) is 0.421. The smallest absolute Gasteiger partial charge is 0.264 e. The summed E-state index contributed by atoms with van der Waals surface area (Å²) >= 11 is 0. The number of amides is 2. The number of aliphatic hydroxyl groups is 1. The highest BCUT2D eigenvalue weighted by Gasteiger charge is 2.65. The molecule has 2 saturated heterocycles. The molecule has 4 atom stereocenters. The molecule has 10 heteroatoms. The van der Waals surface area contributed by atoms with Crippen LogP contribution in [0.2, 0.25) is 0 Å². The van der Waals surface area contributed by atoms with Gasteiger partial charge in [-0.05, 0) is 53.3 Å². The number of para-hydroxylation sites is 1. The highest BCUT2D eigenvalue weighted by Crippen LogP contribution is 2.59. The van der Waals surface area contributed by atoms with Gasteiger partial charge >= 0.3 is 0 Å². The van der Waals surface area contributed by atoms with Crippen LogP contribution in [0.15, 0.2) is 79.0 Å². The standard InChI is InChI=1S/C38H43N5O5/c1-25-35(37(2,3)27-11-15-30(47-4)16-12-27)33(17-20-41-24-28(19-22-44)39-40-41)48-38(25)31-7-5-6-8-32(31)43(36(38)46)23-26-9-13-29(14-10-26)42-21-18-34(42)45/h5-16,24-25,33,35,44H,17-23H2,1-4H3/t25-,33+,35-,38+/m1/s1. The Hall–Kier alpha value is -4.54. The molecule has 3 aliphatic heterocycles. The van der Waals surface area contributed by atoms with Gasteiger partial charge in [-0.25, -0.2) is 0 Å². The number of benzene rings is 3. The largest absolute Gasteiger partial charge is 0.497 e. The van der Waals surface area contributed by atoms with E-state index in [9.17, 15) is 14.7 Å². The summed E-state index contributed by atoms with van der Waals surface area (Å²) in [7, 11) is 1.67. The van der Waals surface area contributed by atoms with Gasteiger partial charge in [-0.2, -0.15) is 0 Å². The topological polar surface area (TPSA) is 110 Å². The Morgan fingerprint density at radius 1 is 1.04 bits per heavy atom. The third kappa shape index (κ3) is 5.27. The highest BCUT2D eigenvalue weighted by atomic mass is 16.5. The van der Waals surface area contributed by atoms with E-state index in [2.05, 4.69) is 43.2 Å². The molecule has 0 saturated carbocycles. The molecule has 1 aromatic heterocycles. The van der Waals surface area contributed by atoms with E-state index >= 15 is 0 Å². The molecule has 250 valence electrons. The minimum Gasteiger partial charge on any atom is -0.497 e. The number of anilines is 2. The number of hydrogen-bond donors (Lipinski definition) is 1. The summed E-state index contributed by atoms with van der Waals surface area (Å²) in [5.74, 6) is 0.678. The normalized spacial score (nSPS) is 23.6. The van der Waals surface area contributed by atoms with Gasteiger partial charge in [0, 0.05) is 61.8 Å². The molecule has 0 bridgehead atoms. The first-order valence-electron chi connectivity index (χ1n) is 16.8. The Balaban J connectivity index is 1.23. The Morgan fingerprint density at radius 3 is 2.46 bits per heavy atom. The Morgan fingerprint density at radius 2 is 1.79 bits per heavy atom. The number of ether oxygens (including phenoxy) is 2. The van der Waals surface area contributed by atoms with E-state index < -0.39 is 5.60 Å². The zero-order valence-corrected chi connectivity index (χ0v) is 28.0. The van der Waals surface area contributed by atoms with Gasteiger partial charge in [0.1, 0.15) is 5.75 Å². The Labute approximate surface area is 281 Å². The Kier molecular flexibility index (Phi) is 8.33. The number of carbonyl (C=O) groups excluding carboxylic acids is 2. The van der Waals surface area contributed by atoms with E-state index in [4.69, 9.17) is 9.47 Å². The van der Waals surface area contributed by atoms with Gasteiger partial charge in [0.25, 0.3) is 5.91 Å². The lowest BCUT2D eigenvalue weighted by molar-refractivity contribution is -0.146. The van der Waals surface area contributed by atoms with Crippen molar-refractivity contribution < 1.29 is 24.2 Å². The van der Waals surface area contributed by atoms with Crippen LogP contribution in [0.4, 0.5) is 11.4 Å². The number of β-lactam (4-membered cyclic amide) rings is 1. The molecular weight excluding hydrogens is 606 g/mol. The first-order chi connectivity index (χ1) is 23.2. The van der Waals surface area contributed by atoms with Crippen LogP contribution in [-0.4, -0.2) is 58.3 Å². The van der Waals surface area contributed by atoms with Gasteiger partial charge in [0.15, 0.2) is 5.60 Å². The zero-order chi connectivity index (χ0) is 33.6. The van der Waals surface area contributed by atoms with E-state index in [0.29, 0.717) is 32.4 Å². The van der Waals surface area contributed by atoms with Crippen molar-refractivity contribution >= 4 is 23.2 Å². The number of aromatic nitrogens is 3. The molecular formula is C38H43N5O5. The lowest BCUT2D eigenvalue weighted by Crippen LogP contribution is -2.45. The summed E-state index contributed by atoms with van der Waals surface area (Å²) in [6.07, 6.45) is 3.27. The molecule has 7 rings (SSSR count). The summed E-state index contributed by atoms with van der Waals surface area (Å²) in [5.41, 5.74) is 3.99. The van der Waals surface area contributed by atoms with Crippen molar-refractivity contribution in [3.05, 3.63) is 101 Å². The summed E-state index contributed by atoms with van der Waals surface area (Å²) in [6, 6.07) is 24.1. The molecule has 0 unspecified atom stereocenters. The van der Waals surface area contributed by atoms with E-state index in [1.54, 1.807) is 16.7 Å². The van der Waals surface area contributed by atoms with Gasteiger partial charge in [0.2, 0.25) is 5.91 Å². The number of aryl methyl sites for hydroxylation is 1. The summed E-state index contributed by atoms with van der Waals surface area (Å²) in [5, 5.41) is 17.9. The molecule has 3 aliphatic rings.